The normalized spacial score (nSPS) is 11.9. The van der Waals surface area contributed by atoms with E-state index in [2.05, 4.69) is 27.3 Å². The molecule has 92 valence electrons. The van der Waals surface area contributed by atoms with Crippen LogP contribution in [0.5, 0.6) is 0 Å². The Morgan fingerprint density at radius 3 is 2.72 bits per heavy atom. The van der Waals surface area contributed by atoms with Gasteiger partial charge in [-0.2, -0.15) is 5.26 Å². The average Bonchev–Trinajstić information content (AvgIpc) is 2.68. The molecule has 1 atom stereocenters. The number of hydrogen-bond donors (Lipinski definition) is 1. The van der Waals surface area contributed by atoms with Crippen LogP contribution in [0, 0.1) is 17.1 Å². The lowest BCUT2D eigenvalue weighted by Crippen LogP contribution is -2.08. The number of para-hydroxylation sites is 1. The fourth-order valence-corrected chi connectivity index (χ4v) is 3.14. The molecule has 1 heterocycles. The van der Waals surface area contributed by atoms with E-state index in [1.54, 1.807) is 24.3 Å². The maximum atomic E-state index is 13.5. The number of anilines is 1. The second-order valence-corrected chi connectivity index (χ2v) is 6.00. The van der Waals surface area contributed by atoms with Gasteiger partial charge in [0.05, 0.1) is 11.8 Å². The van der Waals surface area contributed by atoms with Crippen LogP contribution >= 0.6 is 38.9 Å². The molecule has 0 spiro atoms. The molecule has 18 heavy (non-hydrogen) atoms. The van der Waals surface area contributed by atoms with E-state index >= 15 is 0 Å². The lowest BCUT2D eigenvalue weighted by atomic mass is 10.2. The molecule has 1 aromatic heterocycles. The van der Waals surface area contributed by atoms with Crippen LogP contribution in [0.25, 0.3) is 0 Å². The number of rotatable bonds is 3. The van der Waals surface area contributed by atoms with Crippen molar-refractivity contribution in [1.29, 1.82) is 5.26 Å². The van der Waals surface area contributed by atoms with Crippen molar-refractivity contribution < 1.29 is 4.39 Å². The van der Waals surface area contributed by atoms with Crippen molar-refractivity contribution in [2.45, 2.75) is 6.04 Å². The summed E-state index contributed by atoms with van der Waals surface area (Å²) in [6, 6.07) is 9.45. The highest BCUT2D eigenvalue weighted by Gasteiger charge is 2.16. The second-order valence-electron chi connectivity index (χ2n) is 3.46. The third-order valence-corrected chi connectivity index (χ3v) is 4.79. The molecule has 0 amide bonds. The minimum absolute atomic E-state index is 0.296. The predicted molar refractivity (Wildman–Crippen MR) is 75.4 cm³/mol. The first-order chi connectivity index (χ1) is 8.61. The highest BCUT2D eigenvalue weighted by Crippen LogP contribution is 2.36. The minimum atomic E-state index is -0.629. The Hall–Kier alpha value is -1.09. The van der Waals surface area contributed by atoms with Crippen LogP contribution in [0.3, 0.4) is 0 Å². The number of thiophene rings is 1. The smallest absolute Gasteiger partial charge is 0.149 e. The maximum absolute atomic E-state index is 13.5. The average molecular weight is 346 g/mol. The van der Waals surface area contributed by atoms with Gasteiger partial charge in [0.2, 0.25) is 0 Å². The summed E-state index contributed by atoms with van der Waals surface area (Å²) in [5.41, 5.74) is 0.296. The standard InChI is InChI=1S/C12H7BrClFN2S/c13-7-5-11(18-12(7)14)10(6-16)17-9-4-2-1-3-8(9)15/h1-5,10,17H. The van der Waals surface area contributed by atoms with Crippen molar-refractivity contribution in [2.75, 3.05) is 5.32 Å². The second kappa shape index (κ2) is 5.70. The molecule has 0 fully saturated rings. The Kier molecular flexibility index (Phi) is 4.23. The van der Waals surface area contributed by atoms with Crippen LogP contribution in [0.1, 0.15) is 10.9 Å². The van der Waals surface area contributed by atoms with Crippen LogP contribution in [0.2, 0.25) is 4.34 Å². The summed E-state index contributed by atoms with van der Waals surface area (Å²) in [5, 5.41) is 12.0. The molecule has 0 saturated carbocycles. The van der Waals surface area contributed by atoms with E-state index in [1.807, 2.05) is 0 Å². The Bertz CT molecular complexity index is 589. The van der Waals surface area contributed by atoms with E-state index in [4.69, 9.17) is 16.9 Å². The Balaban J connectivity index is 2.26. The first-order valence-electron chi connectivity index (χ1n) is 4.97. The summed E-state index contributed by atoms with van der Waals surface area (Å²) in [4.78, 5) is 0.734. The molecule has 0 aliphatic rings. The Labute approximate surface area is 121 Å². The molecule has 2 aromatic rings. The van der Waals surface area contributed by atoms with Gasteiger partial charge in [0.15, 0.2) is 0 Å². The highest BCUT2D eigenvalue weighted by molar-refractivity contribution is 9.10. The quantitative estimate of drug-likeness (QED) is 0.851. The van der Waals surface area contributed by atoms with Gasteiger partial charge >= 0.3 is 0 Å². The molecular formula is C12H7BrClFN2S. The van der Waals surface area contributed by atoms with Gasteiger partial charge in [-0.3, -0.25) is 0 Å². The van der Waals surface area contributed by atoms with E-state index in [0.29, 0.717) is 10.0 Å². The number of hydrogen-bond acceptors (Lipinski definition) is 3. The molecule has 0 bridgehead atoms. The van der Waals surface area contributed by atoms with Crippen molar-refractivity contribution in [2.24, 2.45) is 0 Å². The first-order valence-corrected chi connectivity index (χ1v) is 6.96. The van der Waals surface area contributed by atoms with Crippen molar-refractivity contribution in [3.63, 3.8) is 0 Å². The SMILES string of the molecule is N#CC(Nc1ccccc1F)c1cc(Br)c(Cl)s1. The molecular weight excluding hydrogens is 339 g/mol. The first kappa shape index (κ1) is 13.3. The molecule has 0 radical (unpaired) electrons. The fraction of sp³-hybridized carbons (Fsp3) is 0.0833. The fourth-order valence-electron chi connectivity index (χ4n) is 1.41. The summed E-state index contributed by atoms with van der Waals surface area (Å²) in [5.74, 6) is -0.389. The topological polar surface area (TPSA) is 35.8 Å². The summed E-state index contributed by atoms with van der Waals surface area (Å²) >= 11 is 10.5. The van der Waals surface area contributed by atoms with Gasteiger partial charge in [-0.15, -0.1) is 11.3 Å². The van der Waals surface area contributed by atoms with Gasteiger partial charge in [-0.1, -0.05) is 23.7 Å². The molecule has 1 aromatic carbocycles. The highest BCUT2D eigenvalue weighted by atomic mass is 79.9. The lowest BCUT2D eigenvalue weighted by molar-refractivity contribution is 0.629. The monoisotopic (exact) mass is 344 g/mol. The summed E-state index contributed by atoms with van der Waals surface area (Å²) < 4.78 is 14.8. The number of halogens is 3. The van der Waals surface area contributed by atoms with E-state index in [1.165, 1.54) is 17.4 Å². The zero-order valence-corrected chi connectivity index (χ0v) is 12.1. The number of nitriles is 1. The molecule has 1 unspecified atom stereocenters. The molecule has 0 saturated heterocycles. The van der Waals surface area contributed by atoms with Gasteiger partial charge in [0.1, 0.15) is 16.2 Å². The minimum Gasteiger partial charge on any atom is -0.363 e. The Morgan fingerprint density at radius 1 is 1.44 bits per heavy atom. The van der Waals surface area contributed by atoms with Gasteiger partial charge in [-0.25, -0.2) is 4.39 Å². The van der Waals surface area contributed by atoms with Crippen LogP contribution in [-0.4, -0.2) is 0 Å². The third kappa shape index (κ3) is 2.83. The number of nitrogens with zero attached hydrogens (tertiary/aromatic N) is 1. The molecule has 6 heteroatoms. The zero-order chi connectivity index (χ0) is 13.1. The van der Waals surface area contributed by atoms with Crippen LogP contribution < -0.4 is 5.32 Å². The van der Waals surface area contributed by atoms with Crippen molar-refractivity contribution >= 4 is 44.6 Å². The molecule has 0 aliphatic heterocycles. The number of benzene rings is 1. The van der Waals surface area contributed by atoms with Gasteiger partial charge < -0.3 is 5.32 Å². The van der Waals surface area contributed by atoms with E-state index in [0.717, 1.165) is 9.35 Å². The van der Waals surface area contributed by atoms with Crippen molar-refractivity contribution in [3.8, 4) is 6.07 Å². The van der Waals surface area contributed by atoms with Crippen LogP contribution in [0.4, 0.5) is 10.1 Å². The van der Waals surface area contributed by atoms with E-state index in [-0.39, 0.29) is 5.82 Å². The number of nitrogens with one attached hydrogen (secondary N) is 1. The van der Waals surface area contributed by atoms with Crippen molar-refractivity contribution in [3.05, 3.63) is 49.8 Å². The molecule has 1 N–H and O–H groups in total. The lowest BCUT2D eigenvalue weighted by Gasteiger charge is -2.11. The van der Waals surface area contributed by atoms with Gasteiger partial charge in [0, 0.05) is 9.35 Å². The summed E-state index contributed by atoms with van der Waals surface area (Å²) in [7, 11) is 0. The van der Waals surface area contributed by atoms with Crippen molar-refractivity contribution in [1.82, 2.24) is 0 Å². The van der Waals surface area contributed by atoms with E-state index in [9.17, 15) is 4.39 Å². The predicted octanol–water partition coefficient (Wildman–Crippen LogP) is 4.98. The third-order valence-electron chi connectivity index (χ3n) is 2.25. The molecule has 2 rings (SSSR count). The largest absolute Gasteiger partial charge is 0.363 e. The van der Waals surface area contributed by atoms with Crippen LogP contribution in [-0.2, 0) is 0 Å². The summed E-state index contributed by atoms with van der Waals surface area (Å²) in [6.07, 6.45) is 0. The van der Waals surface area contributed by atoms with Gasteiger partial charge in [0.25, 0.3) is 0 Å². The zero-order valence-electron chi connectivity index (χ0n) is 8.95. The molecule has 0 aliphatic carbocycles. The maximum Gasteiger partial charge on any atom is 0.149 e. The van der Waals surface area contributed by atoms with E-state index < -0.39 is 6.04 Å². The van der Waals surface area contributed by atoms with Crippen LogP contribution in [0.15, 0.2) is 34.8 Å². The summed E-state index contributed by atoms with van der Waals surface area (Å²) in [6.45, 7) is 0. The molecule has 2 nitrogen and oxygen atoms in total. The Morgan fingerprint density at radius 2 is 2.17 bits per heavy atom. The van der Waals surface area contributed by atoms with Gasteiger partial charge in [-0.05, 0) is 34.1 Å².